The lowest BCUT2D eigenvalue weighted by Crippen LogP contribution is -2.23. The monoisotopic (exact) mass is 438 g/mol. The number of aryl methyl sites for hydroxylation is 1. The Labute approximate surface area is 161 Å². The first kappa shape index (κ1) is 20.2. The first-order valence-electron chi connectivity index (χ1n) is 7.71. The molecule has 138 valence electrons. The molecule has 1 amide bonds. The zero-order valence-corrected chi connectivity index (χ0v) is 16.6. The van der Waals surface area contributed by atoms with Crippen molar-refractivity contribution in [1.82, 2.24) is 4.72 Å². The molecule has 0 spiro atoms. The SMILES string of the molecule is C=CCNS(=O)(=O)c1ccc(NC(=O)COc2ccc(C)cc2Br)cc1. The third kappa shape index (κ3) is 5.69. The van der Waals surface area contributed by atoms with Crippen molar-refractivity contribution >= 4 is 37.5 Å². The van der Waals surface area contributed by atoms with Gasteiger partial charge >= 0.3 is 0 Å². The summed E-state index contributed by atoms with van der Waals surface area (Å²) in [6.07, 6.45) is 1.46. The molecule has 2 N–H and O–H groups in total. The van der Waals surface area contributed by atoms with Gasteiger partial charge in [0.15, 0.2) is 6.61 Å². The van der Waals surface area contributed by atoms with Crippen molar-refractivity contribution in [2.24, 2.45) is 0 Å². The van der Waals surface area contributed by atoms with Crippen LogP contribution in [0.25, 0.3) is 0 Å². The van der Waals surface area contributed by atoms with E-state index in [2.05, 4.69) is 32.5 Å². The summed E-state index contributed by atoms with van der Waals surface area (Å²) in [5.74, 6) is 0.221. The number of halogens is 1. The summed E-state index contributed by atoms with van der Waals surface area (Å²) in [5.41, 5.74) is 1.55. The number of nitrogens with one attached hydrogen (secondary N) is 2. The van der Waals surface area contributed by atoms with E-state index in [0.717, 1.165) is 10.0 Å². The van der Waals surface area contributed by atoms with Crippen molar-refractivity contribution in [3.63, 3.8) is 0 Å². The Morgan fingerprint density at radius 1 is 1.23 bits per heavy atom. The third-order valence-corrected chi connectivity index (χ3v) is 5.37. The van der Waals surface area contributed by atoms with Crippen molar-refractivity contribution in [3.8, 4) is 5.75 Å². The zero-order chi connectivity index (χ0) is 19.2. The van der Waals surface area contributed by atoms with Crippen LogP contribution in [0.2, 0.25) is 0 Å². The molecule has 0 heterocycles. The number of ether oxygens (including phenoxy) is 1. The Hall–Kier alpha value is -2.16. The van der Waals surface area contributed by atoms with Gasteiger partial charge in [-0.2, -0.15) is 0 Å². The highest BCUT2D eigenvalue weighted by molar-refractivity contribution is 9.10. The fourth-order valence-corrected chi connectivity index (χ4v) is 3.64. The number of sulfonamides is 1. The van der Waals surface area contributed by atoms with Crippen LogP contribution in [0.5, 0.6) is 5.75 Å². The smallest absolute Gasteiger partial charge is 0.262 e. The summed E-state index contributed by atoms with van der Waals surface area (Å²) in [5, 5.41) is 2.65. The van der Waals surface area contributed by atoms with E-state index in [1.54, 1.807) is 6.07 Å². The van der Waals surface area contributed by atoms with Gasteiger partial charge in [0, 0.05) is 12.2 Å². The van der Waals surface area contributed by atoms with Crippen LogP contribution in [0.15, 0.2) is 64.5 Å². The van der Waals surface area contributed by atoms with E-state index in [9.17, 15) is 13.2 Å². The van der Waals surface area contributed by atoms with Crippen LogP contribution >= 0.6 is 15.9 Å². The minimum atomic E-state index is -3.59. The number of hydrogen-bond donors (Lipinski definition) is 2. The van der Waals surface area contributed by atoms with Gasteiger partial charge in [0.25, 0.3) is 5.91 Å². The summed E-state index contributed by atoms with van der Waals surface area (Å²) >= 11 is 3.38. The van der Waals surface area contributed by atoms with E-state index >= 15 is 0 Å². The molecule has 0 fully saturated rings. The summed E-state index contributed by atoms with van der Waals surface area (Å²) < 4.78 is 32.6. The maximum atomic E-state index is 12.0. The van der Waals surface area contributed by atoms with E-state index in [4.69, 9.17) is 4.74 Å². The van der Waals surface area contributed by atoms with Crippen molar-refractivity contribution in [2.75, 3.05) is 18.5 Å². The van der Waals surface area contributed by atoms with E-state index in [0.29, 0.717) is 11.4 Å². The third-order valence-electron chi connectivity index (χ3n) is 3.31. The quantitative estimate of drug-likeness (QED) is 0.619. The second-order valence-corrected chi connectivity index (χ2v) is 8.06. The molecule has 2 rings (SSSR count). The molecule has 2 aromatic carbocycles. The molecular weight excluding hydrogens is 420 g/mol. The van der Waals surface area contributed by atoms with Crippen LogP contribution in [-0.2, 0) is 14.8 Å². The molecular formula is C18H19BrN2O4S. The highest BCUT2D eigenvalue weighted by Gasteiger charge is 2.13. The molecule has 0 atom stereocenters. The number of rotatable bonds is 8. The Balaban J connectivity index is 1.94. The van der Waals surface area contributed by atoms with Gasteiger partial charge < -0.3 is 10.1 Å². The zero-order valence-electron chi connectivity index (χ0n) is 14.2. The molecule has 6 nitrogen and oxygen atoms in total. The summed E-state index contributed by atoms with van der Waals surface area (Å²) in [6.45, 7) is 5.40. The van der Waals surface area contributed by atoms with E-state index in [1.807, 2.05) is 19.1 Å². The Morgan fingerprint density at radius 2 is 1.92 bits per heavy atom. The number of amides is 1. The number of anilines is 1. The molecule has 0 aromatic heterocycles. The Bertz CT molecular complexity index is 896. The van der Waals surface area contributed by atoms with E-state index in [-0.39, 0.29) is 24.0 Å². The van der Waals surface area contributed by atoms with Gasteiger partial charge in [-0.15, -0.1) is 6.58 Å². The number of benzene rings is 2. The average molecular weight is 439 g/mol. The first-order chi connectivity index (χ1) is 12.3. The molecule has 0 aliphatic heterocycles. The predicted octanol–water partition coefficient (Wildman–Crippen LogP) is 3.24. The fraction of sp³-hybridized carbons (Fsp3) is 0.167. The van der Waals surface area contributed by atoms with Gasteiger partial charge in [-0.1, -0.05) is 12.1 Å². The first-order valence-corrected chi connectivity index (χ1v) is 9.99. The maximum absolute atomic E-state index is 12.0. The molecule has 0 saturated heterocycles. The van der Waals surface area contributed by atoms with Crippen molar-refractivity contribution < 1.29 is 17.9 Å². The molecule has 0 radical (unpaired) electrons. The molecule has 8 heteroatoms. The van der Waals surface area contributed by atoms with Gasteiger partial charge in [-0.3, -0.25) is 4.79 Å². The summed E-state index contributed by atoms with van der Waals surface area (Å²) in [4.78, 5) is 12.1. The van der Waals surface area contributed by atoms with Crippen molar-refractivity contribution in [3.05, 3.63) is 65.2 Å². The Morgan fingerprint density at radius 3 is 2.54 bits per heavy atom. The molecule has 26 heavy (non-hydrogen) atoms. The van der Waals surface area contributed by atoms with Crippen LogP contribution in [0.3, 0.4) is 0 Å². The highest BCUT2D eigenvalue weighted by Crippen LogP contribution is 2.25. The van der Waals surface area contributed by atoms with Gasteiger partial charge in [-0.25, -0.2) is 13.1 Å². The van der Waals surface area contributed by atoms with Gasteiger partial charge in [0.1, 0.15) is 5.75 Å². The minimum Gasteiger partial charge on any atom is -0.483 e. The van der Waals surface area contributed by atoms with Crippen LogP contribution in [0, 0.1) is 6.92 Å². The summed E-state index contributed by atoms with van der Waals surface area (Å²) in [6, 6.07) is 11.4. The normalized spacial score (nSPS) is 11.0. The molecule has 2 aromatic rings. The molecule has 0 aliphatic carbocycles. The van der Waals surface area contributed by atoms with Crippen LogP contribution in [0.4, 0.5) is 5.69 Å². The molecule has 0 bridgehead atoms. The Kier molecular flexibility index (Phi) is 6.96. The lowest BCUT2D eigenvalue weighted by molar-refractivity contribution is -0.118. The van der Waals surface area contributed by atoms with Crippen LogP contribution in [-0.4, -0.2) is 27.5 Å². The second kappa shape index (κ2) is 8.98. The van der Waals surface area contributed by atoms with Gasteiger partial charge in [-0.05, 0) is 64.8 Å². The van der Waals surface area contributed by atoms with Crippen LogP contribution < -0.4 is 14.8 Å². The topological polar surface area (TPSA) is 84.5 Å². The fourth-order valence-electron chi connectivity index (χ4n) is 2.03. The predicted molar refractivity (Wildman–Crippen MR) is 105 cm³/mol. The maximum Gasteiger partial charge on any atom is 0.262 e. The average Bonchev–Trinajstić information content (AvgIpc) is 2.60. The second-order valence-electron chi connectivity index (χ2n) is 5.44. The number of carbonyl (C=O) groups excluding carboxylic acids is 1. The van der Waals surface area contributed by atoms with Crippen LogP contribution in [0.1, 0.15) is 5.56 Å². The van der Waals surface area contributed by atoms with Gasteiger partial charge in [0.2, 0.25) is 10.0 Å². The number of hydrogen-bond acceptors (Lipinski definition) is 4. The van der Waals surface area contributed by atoms with E-state index in [1.165, 1.54) is 30.3 Å². The van der Waals surface area contributed by atoms with E-state index < -0.39 is 10.0 Å². The molecule has 0 unspecified atom stereocenters. The van der Waals surface area contributed by atoms with Crippen molar-refractivity contribution in [1.29, 1.82) is 0 Å². The standard InChI is InChI=1S/C18H19BrN2O4S/c1-3-10-20-26(23,24)15-7-5-14(6-8-15)21-18(22)12-25-17-9-4-13(2)11-16(17)19/h3-9,11,20H,1,10,12H2,2H3,(H,21,22). The lowest BCUT2D eigenvalue weighted by atomic mass is 10.2. The minimum absolute atomic E-state index is 0.109. The number of carbonyl (C=O) groups is 1. The van der Waals surface area contributed by atoms with Gasteiger partial charge in [0.05, 0.1) is 9.37 Å². The lowest BCUT2D eigenvalue weighted by Gasteiger charge is -2.10. The summed E-state index contributed by atoms with van der Waals surface area (Å²) in [7, 11) is -3.59. The molecule has 0 saturated carbocycles. The highest BCUT2D eigenvalue weighted by atomic mass is 79.9. The molecule has 0 aliphatic rings. The van der Waals surface area contributed by atoms with Crippen molar-refractivity contribution in [2.45, 2.75) is 11.8 Å². The largest absolute Gasteiger partial charge is 0.483 e.